The van der Waals surface area contributed by atoms with Crippen molar-refractivity contribution in [2.24, 2.45) is 4.99 Å². The Morgan fingerprint density at radius 2 is 1.69 bits per heavy atom. The van der Waals surface area contributed by atoms with Crippen molar-refractivity contribution in [1.29, 1.82) is 0 Å². The maximum Gasteiger partial charge on any atom is 0.321 e. The van der Waals surface area contributed by atoms with Gasteiger partial charge in [0.1, 0.15) is 0 Å². The van der Waals surface area contributed by atoms with E-state index in [-0.39, 0.29) is 28.2 Å². The third-order valence-corrected chi connectivity index (χ3v) is 6.58. The first-order chi connectivity index (χ1) is 17.2. The molecule has 186 valence electrons. The molecule has 0 saturated heterocycles. The van der Waals surface area contributed by atoms with E-state index in [0.29, 0.717) is 22.6 Å². The van der Waals surface area contributed by atoms with Gasteiger partial charge in [-0.1, -0.05) is 17.7 Å². The summed E-state index contributed by atoms with van der Waals surface area (Å²) in [6, 6.07) is 14.7. The van der Waals surface area contributed by atoms with Gasteiger partial charge < -0.3 is 9.47 Å². The first kappa shape index (κ1) is 24.7. The van der Waals surface area contributed by atoms with Gasteiger partial charge in [-0.25, -0.2) is 13.1 Å². The molecular weight excluding hydrogens is 484 g/mol. The number of aromatic amines is 1. The van der Waals surface area contributed by atoms with E-state index in [9.17, 15) is 13.2 Å². The average molecular weight is 509 g/mol. The monoisotopic (exact) mass is 508 g/mol. The normalized spacial score (nSPS) is 11.6. The van der Waals surface area contributed by atoms with Crippen molar-refractivity contribution in [3.8, 4) is 17.6 Å². The lowest BCUT2D eigenvalue weighted by Gasteiger charge is -2.09. The number of ether oxygens (including phenoxy) is 2. The first-order valence-electron chi connectivity index (χ1n) is 10.7. The summed E-state index contributed by atoms with van der Waals surface area (Å²) in [6.45, 7) is 3.76. The van der Waals surface area contributed by atoms with E-state index < -0.39 is 10.0 Å². The van der Waals surface area contributed by atoms with Gasteiger partial charge in [-0.15, -0.1) is 0 Å². The molecule has 0 fully saturated rings. The quantitative estimate of drug-likeness (QED) is 0.348. The van der Waals surface area contributed by atoms with Crippen LogP contribution in [-0.4, -0.2) is 48.6 Å². The van der Waals surface area contributed by atoms with Crippen molar-refractivity contribution in [3.63, 3.8) is 0 Å². The van der Waals surface area contributed by atoms with Crippen LogP contribution in [0.5, 0.6) is 11.9 Å². The molecule has 0 aliphatic rings. The SMILES string of the molecule is COc1cc(NS(=O)(=O)c2ccc(N=Cc3c(C)[nH]n(-c4ccc(C)cc4)c3=O)cc2)nc(OC)n1. The van der Waals surface area contributed by atoms with Crippen LogP contribution in [0.4, 0.5) is 11.5 Å². The third-order valence-electron chi connectivity index (χ3n) is 5.21. The number of methoxy groups -OCH3 is 2. The van der Waals surface area contributed by atoms with Crippen molar-refractivity contribution in [2.45, 2.75) is 18.7 Å². The number of anilines is 1. The highest BCUT2D eigenvalue weighted by molar-refractivity contribution is 7.92. The highest BCUT2D eigenvalue weighted by atomic mass is 32.2. The van der Waals surface area contributed by atoms with Crippen LogP contribution in [0, 0.1) is 13.8 Å². The van der Waals surface area contributed by atoms with Crippen LogP contribution in [0.1, 0.15) is 16.8 Å². The van der Waals surface area contributed by atoms with Crippen LogP contribution >= 0.6 is 0 Å². The molecule has 4 aromatic rings. The highest BCUT2D eigenvalue weighted by Gasteiger charge is 2.17. The summed E-state index contributed by atoms with van der Waals surface area (Å²) < 4.78 is 39.4. The number of hydrogen-bond donors (Lipinski definition) is 2. The van der Waals surface area contributed by atoms with E-state index in [2.05, 4.69) is 24.8 Å². The number of H-pyrrole nitrogens is 1. The van der Waals surface area contributed by atoms with Crippen molar-refractivity contribution in [3.05, 3.63) is 81.8 Å². The Labute approximate surface area is 207 Å². The molecule has 2 aromatic heterocycles. The van der Waals surface area contributed by atoms with Gasteiger partial charge in [0.05, 0.1) is 36.1 Å². The topological polar surface area (TPSA) is 141 Å². The summed E-state index contributed by atoms with van der Waals surface area (Å²) >= 11 is 0. The number of aliphatic imine (C=N–C) groups is 1. The second kappa shape index (κ2) is 10.0. The predicted molar refractivity (Wildman–Crippen MR) is 136 cm³/mol. The Morgan fingerprint density at radius 1 is 1.00 bits per heavy atom. The second-order valence-electron chi connectivity index (χ2n) is 7.77. The molecule has 11 nitrogen and oxygen atoms in total. The number of aryl methyl sites for hydroxylation is 2. The van der Waals surface area contributed by atoms with Crippen LogP contribution in [0.3, 0.4) is 0 Å². The molecule has 2 aromatic carbocycles. The predicted octanol–water partition coefficient (Wildman–Crippen LogP) is 3.14. The number of rotatable bonds is 8. The second-order valence-corrected chi connectivity index (χ2v) is 9.45. The standard InChI is InChI=1S/C24H24N6O5S/c1-15-5-9-18(10-6-15)30-23(31)20(16(2)28-30)14-25-17-7-11-19(12-8-17)36(32,33)29-21-13-22(34-3)27-24(26-21)35-4/h5-14,28H,1-4H3,(H,26,27,29). The summed E-state index contributed by atoms with van der Waals surface area (Å²) in [7, 11) is -1.20. The summed E-state index contributed by atoms with van der Waals surface area (Å²) in [5.41, 5.74) is 3.10. The molecule has 0 atom stereocenters. The minimum atomic E-state index is -3.95. The van der Waals surface area contributed by atoms with Crippen molar-refractivity contribution >= 4 is 27.7 Å². The first-order valence-corrected chi connectivity index (χ1v) is 12.2. The van der Waals surface area contributed by atoms with Crippen LogP contribution in [0.2, 0.25) is 0 Å². The molecule has 12 heteroatoms. The summed E-state index contributed by atoms with van der Waals surface area (Å²) in [4.78, 5) is 25.1. The largest absolute Gasteiger partial charge is 0.481 e. The van der Waals surface area contributed by atoms with Gasteiger partial charge in [0, 0.05) is 18.0 Å². The molecule has 0 bridgehead atoms. The minimum absolute atomic E-state index is 0.00227. The molecule has 0 saturated carbocycles. The lowest BCUT2D eigenvalue weighted by molar-refractivity contribution is 0.353. The molecule has 0 aliphatic carbocycles. The fourth-order valence-electron chi connectivity index (χ4n) is 3.29. The Hall–Kier alpha value is -4.45. The average Bonchev–Trinajstić information content (AvgIpc) is 3.15. The van der Waals surface area contributed by atoms with Gasteiger partial charge in [-0.2, -0.15) is 9.97 Å². The molecule has 4 rings (SSSR count). The lowest BCUT2D eigenvalue weighted by atomic mass is 10.2. The zero-order valence-electron chi connectivity index (χ0n) is 20.0. The van der Waals surface area contributed by atoms with Gasteiger partial charge in [-0.05, 0) is 50.2 Å². The van der Waals surface area contributed by atoms with Crippen LogP contribution in [0.15, 0.2) is 69.3 Å². The van der Waals surface area contributed by atoms with E-state index in [1.807, 2.05) is 31.2 Å². The molecule has 0 aliphatic heterocycles. The van der Waals surface area contributed by atoms with E-state index in [4.69, 9.17) is 9.47 Å². The molecule has 2 N–H and O–H groups in total. The molecule has 0 unspecified atom stereocenters. The zero-order chi connectivity index (χ0) is 25.9. The molecule has 0 amide bonds. The van der Waals surface area contributed by atoms with Crippen molar-refractivity contribution in [2.75, 3.05) is 18.9 Å². The lowest BCUT2D eigenvalue weighted by Crippen LogP contribution is -2.17. The van der Waals surface area contributed by atoms with E-state index in [0.717, 1.165) is 5.56 Å². The Bertz CT molecular complexity index is 1550. The highest BCUT2D eigenvalue weighted by Crippen LogP contribution is 2.22. The maximum absolute atomic E-state index is 12.9. The maximum atomic E-state index is 12.9. The zero-order valence-corrected chi connectivity index (χ0v) is 20.8. The fourth-order valence-corrected chi connectivity index (χ4v) is 4.28. The Morgan fingerprint density at radius 3 is 2.33 bits per heavy atom. The van der Waals surface area contributed by atoms with Crippen molar-refractivity contribution in [1.82, 2.24) is 19.7 Å². The van der Waals surface area contributed by atoms with Gasteiger partial charge >= 0.3 is 6.01 Å². The number of sulfonamides is 1. The van der Waals surface area contributed by atoms with Gasteiger partial charge in [0.25, 0.3) is 15.6 Å². The number of nitrogens with zero attached hydrogens (tertiary/aromatic N) is 4. The molecule has 0 spiro atoms. The van der Waals surface area contributed by atoms with Gasteiger partial charge in [0.15, 0.2) is 5.82 Å². The number of benzene rings is 2. The van der Waals surface area contributed by atoms with E-state index in [1.165, 1.54) is 55.4 Å². The van der Waals surface area contributed by atoms with E-state index in [1.54, 1.807) is 6.92 Å². The summed E-state index contributed by atoms with van der Waals surface area (Å²) in [5.74, 6) is 0.138. The summed E-state index contributed by atoms with van der Waals surface area (Å²) in [5, 5.41) is 3.05. The van der Waals surface area contributed by atoms with Crippen LogP contribution < -0.4 is 19.8 Å². The van der Waals surface area contributed by atoms with Gasteiger partial charge in [-0.3, -0.25) is 19.6 Å². The summed E-state index contributed by atoms with van der Waals surface area (Å²) in [6.07, 6.45) is 1.46. The molecule has 2 heterocycles. The molecular formula is C24H24N6O5S. The van der Waals surface area contributed by atoms with Gasteiger partial charge in [0.2, 0.25) is 5.88 Å². The van der Waals surface area contributed by atoms with E-state index >= 15 is 0 Å². The van der Waals surface area contributed by atoms with Crippen molar-refractivity contribution < 1.29 is 17.9 Å². The molecule has 36 heavy (non-hydrogen) atoms. The number of nitrogens with one attached hydrogen (secondary N) is 2. The molecule has 0 radical (unpaired) electrons. The number of aromatic nitrogens is 4. The number of hydrogen-bond acceptors (Lipinski definition) is 8. The minimum Gasteiger partial charge on any atom is -0.481 e. The fraction of sp³-hybridized carbons (Fsp3) is 0.167. The third kappa shape index (κ3) is 5.28. The smallest absolute Gasteiger partial charge is 0.321 e. The Balaban J connectivity index is 1.54. The van der Waals surface area contributed by atoms with Crippen LogP contribution in [-0.2, 0) is 10.0 Å². The Kier molecular flexibility index (Phi) is 6.88. The van der Waals surface area contributed by atoms with Crippen LogP contribution in [0.25, 0.3) is 5.69 Å².